The van der Waals surface area contributed by atoms with Crippen molar-refractivity contribution in [1.29, 1.82) is 0 Å². The molecule has 0 unspecified atom stereocenters. The quantitative estimate of drug-likeness (QED) is 0.901. The highest BCUT2D eigenvalue weighted by Gasteiger charge is 2.17. The van der Waals surface area contributed by atoms with Gasteiger partial charge in [-0.15, -0.1) is 0 Å². The van der Waals surface area contributed by atoms with Gasteiger partial charge < -0.3 is 10.2 Å². The summed E-state index contributed by atoms with van der Waals surface area (Å²) >= 11 is 0. The predicted molar refractivity (Wildman–Crippen MR) is 77.5 cm³/mol. The molecule has 2 aromatic rings. The monoisotopic (exact) mass is 256 g/mol. The highest BCUT2D eigenvalue weighted by Crippen LogP contribution is 2.22. The van der Waals surface area contributed by atoms with Gasteiger partial charge in [-0.3, -0.25) is 4.68 Å². The van der Waals surface area contributed by atoms with Crippen molar-refractivity contribution < 1.29 is 0 Å². The zero-order chi connectivity index (χ0) is 13.1. The Balaban J connectivity index is 1.86. The molecule has 1 fully saturated rings. The summed E-state index contributed by atoms with van der Waals surface area (Å²) in [6.07, 6.45) is 2.94. The minimum absolute atomic E-state index is 0.941. The summed E-state index contributed by atoms with van der Waals surface area (Å²) < 4.78 is 2.00. The Morgan fingerprint density at radius 2 is 1.89 bits per heavy atom. The number of piperazine rings is 1. The maximum Gasteiger partial charge on any atom is 0.0789 e. The summed E-state index contributed by atoms with van der Waals surface area (Å²) in [6.45, 7) is 4.24. The predicted octanol–water partition coefficient (Wildman–Crippen LogP) is 1.42. The van der Waals surface area contributed by atoms with E-state index in [1.807, 2.05) is 17.9 Å². The van der Waals surface area contributed by atoms with Gasteiger partial charge in [-0.25, -0.2) is 0 Å². The van der Waals surface area contributed by atoms with E-state index >= 15 is 0 Å². The van der Waals surface area contributed by atoms with E-state index in [1.54, 1.807) is 0 Å². The molecule has 0 amide bonds. The minimum Gasteiger partial charge on any atom is -0.366 e. The van der Waals surface area contributed by atoms with Crippen LogP contribution in [0.3, 0.4) is 0 Å². The zero-order valence-corrected chi connectivity index (χ0v) is 11.3. The summed E-state index contributed by atoms with van der Waals surface area (Å²) in [6, 6.07) is 10.6. The fraction of sp³-hybridized carbons (Fsp3) is 0.400. The number of nitrogens with one attached hydrogen (secondary N) is 1. The van der Waals surface area contributed by atoms with Crippen molar-refractivity contribution in [3.63, 3.8) is 0 Å². The van der Waals surface area contributed by atoms with E-state index in [0.29, 0.717) is 0 Å². The highest BCUT2D eigenvalue weighted by molar-refractivity contribution is 5.51. The van der Waals surface area contributed by atoms with Gasteiger partial charge >= 0.3 is 0 Å². The standard InChI is InChI=1S/C15H20N4/c1-18-14(11-13-5-3-2-4-6-13)15(12-17-18)19-9-7-16-8-10-19/h2-6,12,16H,7-11H2,1H3. The molecule has 1 aliphatic heterocycles. The second kappa shape index (κ2) is 5.45. The molecule has 3 rings (SSSR count). The third-order valence-electron chi connectivity index (χ3n) is 3.71. The van der Waals surface area contributed by atoms with E-state index in [2.05, 4.69) is 45.6 Å². The molecule has 4 heteroatoms. The van der Waals surface area contributed by atoms with Crippen LogP contribution >= 0.6 is 0 Å². The molecule has 0 atom stereocenters. The Kier molecular flexibility index (Phi) is 3.51. The average Bonchev–Trinajstić information content (AvgIpc) is 2.82. The van der Waals surface area contributed by atoms with E-state index in [0.717, 1.165) is 32.6 Å². The third kappa shape index (κ3) is 2.63. The van der Waals surface area contributed by atoms with Gasteiger partial charge in [0.2, 0.25) is 0 Å². The number of nitrogens with zero attached hydrogens (tertiary/aromatic N) is 3. The van der Waals surface area contributed by atoms with Gasteiger partial charge in [-0.1, -0.05) is 30.3 Å². The van der Waals surface area contributed by atoms with Crippen molar-refractivity contribution in [2.75, 3.05) is 31.1 Å². The normalized spacial score (nSPS) is 15.7. The molecule has 1 aliphatic rings. The van der Waals surface area contributed by atoms with E-state index in [1.165, 1.54) is 16.9 Å². The number of aryl methyl sites for hydroxylation is 1. The van der Waals surface area contributed by atoms with E-state index in [-0.39, 0.29) is 0 Å². The molecule has 100 valence electrons. The van der Waals surface area contributed by atoms with Crippen molar-refractivity contribution >= 4 is 5.69 Å². The second-order valence-electron chi connectivity index (χ2n) is 5.00. The average molecular weight is 256 g/mol. The Morgan fingerprint density at radius 3 is 2.63 bits per heavy atom. The zero-order valence-electron chi connectivity index (χ0n) is 11.3. The summed E-state index contributed by atoms with van der Waals surface area (Å²) in [5, 5.41) is 7.83. The summed E-state index contributed by atoms with van der Waals surface area (Å²) in [7, 11) is 2.03. The van der Waals surface area contributed by atoms with Gasteiger partial charge in [-0.2, -0.15) is 5.10 Å². The van der Waals surface area contributed by atoms with Crippen LogP contribution in [0.1, 0.15) is 11.3 Å². The lowest BCUT2D eigenvalue weighted by molar-refractivity contribution is 0.587. The van der Waals surface area contributed by atoms with E-state index < -0.39 is 0 Å². The summed E-state index contributed by atoms with van der Waals surface area (Å²) in [5.41, 5.74) is 3.92. The number of hydrogen-bond donors (Lipinski definition) is 1. The number of rotatable bonds is 3. The smallest absolute Gasteiger partial charge is 0.0789 e. The molecule has 1 saturated heterocycles. The number of aromatic nitrogens is 2. The Labute approximate surface area is 114 Å². The lowest BCUT2D eigenvalue weighted by atomic mass is 10.1. The van der Waals surface area contributed by atoms with Crippen LogP contribution in [-0.4, -0.2) is 36.0 Å². The Morgan fingerprint density at radius 1 is 1.16 bits per heavy atom. The van der Waals surface area contributed by atoms with Crippen LogP contribution in [0, 0.1) is 0 Å². The summed E-state index contributed by atoms with van der Waals surface area (Å²) in [5.74, 6) is 0. The van der Waals surface area contributed by atoms with Gasteiger partial charge in [-0.05, 0) is 5.56 Å². The van der Waals surface area contributed by atoms with Crippen molar-refractivity contribution in [3.8, 4) is 0 Å². The number of hydrogen-bond acceptors (Lipinski definition) is 3. The first kappa shape index (κ1) is 12.2. The van der Waals surface area contributed by atoms with Crippen LogP contribution in [0.2, 0.25) is 0 Å². The lowest BCUT2D eigenvalue weighted by Crippen LogP contribution is -2.43. The van der Waals surface area contributed by atoms with Gasteiger partial charge in [0, 0.05) is 39.6 Å². The van der Waals surface area contributed by atoms with Crippen molar-refractivity contribution in [2.45, 2.75) is 6.42 Å². The second-order valence-corrected chi connectivity index (χ2v) is 5.00. The van der Waals surface area contributed by atoms with Gasteiger partial charge in [0.25, 0.3) is 0 Å². The number of anilines is 1. The first-order valence-electron chi connectivity index (χ1n) is 6.85. The van der Waals surface area contributed by atoms with Gasteiger partial charge in [0.05, 0.1) is 17.6 Å². The molecular formula is C15H20N4. The first-order chi connectivity index (χ1) is 9.34. The Bertz CT molecular complexity index is 526. The number of benzene rings is 1. The van der Waals surface area contributed by atoms with Gasteiger partial charge in [0.1, 0.15) is 0 Å². The molecule has 1 aromatic heterocycles. The molecular weight excluding hydrogens is 236 g/mol. The fourth-order valence-corrected chi connectivity index (χ4v) is 2.62. The molecule has 0 radical (unpaired) electrons. The maximum atomic E-state index is 4.44. The molecule has 2 heterocycles. The summed E-state index contributed by atoms with van der Waals surface area (Å²) in [4.78, 5) is 2.43. The third-order valence-corrected chi connectivity index (χ3v) is 3.71. The van der Waals surface area contributed by atoms with Crippen LogP contribution in [0.25, 0.3) is 0 Å². The van der Waals surface area contributed by atoms with Crippen LogP contribution in [0.5, 0.6) is 0 Å². The fourth-order valence-electron chi connectivity index (χ4n) is 2.62. The van der Waals surface area contributed by atoms with E-state index in [9.17, 15) is 0 Å². The molecule has 4 nitrogen and oxygen atoms in total. The molecule has 1 N–H and O–H groups in total. The molecule has 0 saturated carbocycles. The van der Waals surface area contributed by atoms with E-state index in [4.69, 9.17) is 0 Å². The van der Waals surface area contributed by atoms with Crippen molar-refractivity contribution in [3.05, 3.63) is 47.8 Å². The van der Waals surface area contributed by atoms with Crippen LogP contribution < -0.4 is 10.2 Å². The van der Waals surface area contributed by atoms with Crippen LogP contribution in [0.15, 0.2) is 36.5 Å². The van der Waals surface area contributed by atoms with Crippen LogP contribution in [0.4, 0.5) is 5.69 Å². The molecule has 0 spiro atoms. The first-order valence-corrected chi connectivity index (χ1v) is 6.85. The Hall–Kier alpha value is -1.81. The van der Waals surface area contributed by atoms with Crippen LogP contribution in [-0.2, 0) is 13.5 Å². The van der Waals surface area contributed by atoms with Gasteiger partial charge in [0.15, 0.2) is 0 Å². The molecule has 0 bridgehead atoms. The minimum atomic E-state index is 0.941. The maximum absolute atomic E-state index is 4.44. The van der Waals surface area contributed by atoms with Crippen molar-refractivity contribution in [1.82, 2.24) is 15.1 Å². The van der Waals surface area contributed by atoms with Crippen molar-refractivity contribution in [2.24, 2.45) is 7.05 Å². The molecule has 0 aliphatic carbocycles. The highest BCUT2D eigenvalue weighted by atomic mass is 15.3. The molecule has 19 heavy (non-hydrogen) atoms. The SMILES string of the molecule is Cn1ncc(N2CCNCC2)c1Cc1ccccc1. The molecule has 1 aromatic carbocycles. The largest absolute Gasteiger partial charge is 0.366 e. The lowest BCUT2D eigenvalue weighted by Gasteiger charge is -2.29. The topological polar surface area (TPSA) is 33.1 Å².